The number of carbonyl (C=O) groups excluding carboxylic acids is 1. The Balaban J connectivity index is 2.01. The number of benzene rings is 2. The number of anilines is 1. The van der Waals surface area contributed by atoms with Gasteiger partial charge in [0, 0.05) is 6.54 Å². The van der Waals surface area contributed by atoms with Gasteiger partial charge in [-0.05, 0) is 36.6 Å². The number of aryl methyl sites for hydroxylation is 1. The van der Waals surface area contributed by atoms with Crippen LogP contribution >= 0.6 is 0 Å². The van der Waals surface area contributed by atoms with Crippen LogP contribution in [-0.2, 0) is 21.2 Å². The molecule has 0 spiro atoms. The molecular formula is C18H21FN2O3S. The van der Waals surface area contributed by atoms with E-state index in [-0.39, 0.29) is 18.9 Å². The summed E-state index contributed by atoms with van der Waals surface area (Å²) in [6.45, 7) is 1.69. The van der Waals surface area contributed by atoms with Crippen LogP contribution in [-0.4, -0.2) is 33.7 Å². The number of hydrogen-bond donors (Lipinski definition) is 1. The van der Waals surface area contributed by atoms with Crippen molar-refractivity contribution in [3.63, 3.8) is 0 Å². The summed E-state index contributed by atoms with van der Waals surface area (Å²) in [6.07, 6.45) is 1.40. The molecule has 1 N–H and O–H groups in total. The first-order valence-corrected chi connectivity index (χ1v) is 9.67. The van der Waals surface area contributed by atoms with Crippen LogP contribution in [0.1, 0.15) is 11.1 Å². The zero-order chi connectivity index (χ0) is 18.4. The topological polar surface area (TPSA) is 66.5 Å². The number of amides is 1. The number of hydrogen-bond acceptors (Lipinski definition) is 3. The Morgan fingerprint density at radius 3 is 2.40 bits per heavy atom. The lowest BCUT2D eigenvalue weighted by Crippen LogP contribution is -2.41. The van der Waals surface area contributed by atoms with Gasteiger partial charge in [-0.1, -0.05) is 36.4 Å². The molecule has 134 valence electrons. The van der Waals surface area contributed by atoms with Crippen LogP contribution in [0.15, 0.2) is 48.5 Å². The van der Waals surface area contributed by atoms with Crippen molar-refractivity contribution in [2.45, 2.75) is 13.3 Å². The third-order valence-corrected chi connectivity index (χ3v) is 4.87. The number of sulfonamides is 1. The van der Waals surface area contributed by atoms with Crippen molar-refractivity contribution >= 4 is 21.6 Å². The van der Waals surface area contributed by atoms with E-state index < -0.39 is 15.9 Å². The Hall–Kier alpha value is -2.41. The summed E-state index contributed by atoms with van der Waals surface area (Å²) in [5, 5.41) is 2.64. The first kappa shape index (κ1) is 18.9. The minimum atomic E-state index is -3.61. The summed E-state index contributed by atoms with van der Waals surface area (Å²) < 4.78 is 38.7. The van der Waals surface area contributed by atoms with Gasteiger partial charge in [0.05, 0.1) is 11.9 Å². The zero-order valence-corrected chi connectivity index (χ0v) is 15.0. The first-order valence-electron chi connectivity index (χ1n) is 7.82. The van der Waals surface area contributed by atoms with Crippen LogP contribution in [0.25, 0.3) is 0 Å². The van der Waals surface area contributed by atoms with Crippen molar-refractivity contribution in [2.75, 3.05) is 23.7 Å². The highest BCUT2D eigenvalue weighted by Gasteiger charge is 2.21. The van der Waals surface area contributed by atoms with Gasteiger partial charge in [-0.15, -0.1) is 0 Å². The minimum absolute atomic E-state index is 0.227. The third kappa shape index (κ3) is 5.29. The van der Waals surface area contributed by atoms with E-state index in [1.807, 2.05) is 0 Å². The maximum Gasteiger partial charge on any atom is 0.240 e. The molecule has 5 nitrogen and oxygen atoms in total. The van der Waals surface area contributed by atoms with Gasteiger partial charge in [-0.2, -0.15) is 0 Å². The highest BCUT2D eigenvalue weighted by atomic mass is 32.2. The summed E-state index contributed by atoms with van der Waals surface area (Å²) in [5.74, 6) is -0.764. The second kappa shape index (κ2) is 8.11. The van der Waals surface area contributed by atoms with E-state index in [2.05, 4.69) is 5.32 Å². The highest BCUT2D eigenvalue weighted by molar-refractivity contribution is 7.92. The summed E-state index contributed by atoms with van der Waals surface area (Å²) in [6, 6.07) is 13.3. The molecule has 1 amide bonds. The van der Waals surface area contributed by atoms with Crippen molar-refractivity contribution in [1.82, 2.24) is 5.32 Å². The molecule has 0 heterocycles. The molecule has 0 bridgehead atoms. The molecule has 0 aliphatic rings. The lowest BCUT2D eigenvalue weighted by molar-refractivity contribution is -0.119. The van der Waals surface area contributed by atoms with Crippen molar-refractivity contribution in [2.24, 2.45) is 0 Å². The largest absolute Gasteiger partial charge is 0.354 e. The van der Waals surface area contributed by atoms with Gasteiger partial charge in [0.2, 0.25) is 15.9 Å². The Morgan fingerprint density at radius 2 is 1.76 bits per heavy atom. The molecule has 0 saturated carbocycles. The Morgan fingerprint density at radius 1 is 1.12 bits per heavy atom. The van der Waals surface area contributed by atoms with Crippen molar-refractivity contribution in [3.05, 3.63) is 65.5 Å². The van der Waals surface area contributed by atoms with Gasteiger partial charge >= 0.3 is 0 Å². The molecule has 7 heteroatoms. The normalized spacial score (nSPS) is 11.2. The molecule has 0 saturated heterocycles. The van der Waals surface area contributed by atoms with Crippen LogP contribution in [0.5, 0.6) is 0 Å². The van der Waals surface area contributed by atoms with Crippen LogP contribution < -0.4 is 9.62 Å². The molecule has 2 rings (SSSR count). The van der Waals surface area contributed by atoms with Crippen molar-refractivity contribution in [3.8, 4) is 0 Å². The standard InChI is InChI=1S/C18H21FN2O3S/c1-14-7-3-6-10-17(14)21(25(2,23)24)13-18(22)20-12-11-15-8-4-5-9-16(15)19/h3-10H,11-13H2,1-2H3,(H,20,22). The Kier molecular flexibility index (Phi) is 6.14. The molecule has 0 atom stereocenters. The number of rotatable bonds is 7. The predicted molar refractivity (Wildman–Crippen MR) is 96.5 cm³/mol. The average Bonchev–Trinajstić information content (AvgIpc) is 2.54. The van der Waals surface area contributed by atoms with E-state index in [0.717, 1.165) is 16.1 Å². The molecule has 0 aliphatic carbocycles. The van der Waals surface area contributed by atoms with E-state index >= 15 is 0 Å². The highest BCUT2D eigenvalue weighted by Crippen LogP contribution is 2.21. The maximum atomic E-state index is 13.5. The van der Waals surface area contributed by atoms with Gasteiger partial charge in [-0.25, -0.2) is 12.8 Å². The lowest BCUT2D eigenvalue weighted by Gasteiger charge is -2.23. The molecule has 0 fully saturated rings. The number of para-hydroxylation sites is 1. The molecule has 0 aliphatic heterocycles. The fourth-order valence-electron chi connectivity index (χ4n) is 2.45. The monoisotopic (exact) mass is 364 g/mol. The van der Waals surface area contributed by atoms with Gasteiger partial charge in [0.25, 0.3) is 0 Å². The molecule has 0 unspecified atom stereocenters. The van der Waals surface area contributed by atoms with E-state index in [1.165, 1.54) is 6.07 Å². The van der Waals surface area contributed by atoms with Gasteiger partial charge in [0.1, 0.15) is 12.4 Å². The SMILES string of the molecule is Cc1ccccc1N(CC(=O)NCCc1ccccc1F)S(C)(=O)=O. The molecule has 0 aromatic heterocycles. The fourth-order valence-corrected chi connectivity index (χ4v) is 3.36. The molecule has 0 radical (unpaired) electrons. The van der Waals surface area contributed by atoms with Crippen LogP contribution in [0, 0.1) is 12.7 Å². The van der Waals surface area contributed by atoms with Gasteiger partial charge in [-0.3, -0.25) is 9.10 Å². The summed E-state index contributed by atoms with van der Waals surface area (Å²) in [7, 11) is -3.61. The van der Waals surface area contributed by atoms with Gasteiger partial charge in [0.15, 0.2) is 0 Å². The summed E-state index contributed by atoms with van der Waals surface area (Å²) in [5.41, 5.74) is 1.73. The van der Waals surface area contributed by atoms with E-state index in [1.54, 1.807) is 49.4 Å². The Bertz CT molecular complexity index is 853. The lowest BCUT2D eigenvalue weighted by atomic mass is 10.1. The van der Waals surface area contributed by atoms with Crippen molar-refractivity contribution < 1.29 is 17.6 Å². The Labute approximate surface area is 147 Å². The third-order valence-electron chi connectivity index (χ3n) is 3.75. The van der Waals surface area contributed by atoms with E-state index in [9.17, 15) is 17.6 Å². The summed E-state index contributed by atoms with van der Waals surface area (Å²) in [4.78, 5) is 12.1. The molecule has 2 aromatic carbocycles. The van der Waals surface area contributed by atoms with Gasteiger partial charge < -0.3 is 5.32 Å². The summed E-state index contributed by atoms with van der Waals surface area (Å²) >= 11 is 0. The molecular weight excluding hydrogens is 343 g/mol. The second-order valence-corrected chi connectivity index (χ2v) is 7.65. The minimum Gasteiger partial charge on any atom is -0.354 e. The number of carbonyl (C=O) groups is 1. The quantitative estimate of drug-likeness (QED) is 0.819. The smallest absolute Gasteiger partial charge is 0.240 e. The molecule has 2 aromatic rings. The molecule has 25 heavy (non-hydrogen) atoms. The number of nitrogens with zero attached hydrogens (tertiary/aromatic N) is 1. The predicted octanol–water partition coefficient (Wildman–Crippen LogP) is 2.26. The van der Waals surface area contributed by atoms with Crippen LogP contribution in [0.2, 0.25) is 0 Å². The number of halogens is 1. The van der Waals surface area contributed by atoms with E-state index in [0.29, 0.717) is 17.7 Å². The fraction of sp³-hybridized carbons (Fsp3) is 0.278. The van der Waals surface area contributed by atoms with Crippen LogP contribution in [0.4, 0.5) is 10.1 Å². The van der Waals surface area contributed by atoms with Crippen molar-refractivity contribution in [1.29, 1.82) is 0 Å². The zero-order valence-electron chi connectivity index (χ0n) is 14.2. The maximum absolute atomic E-state index is 13.5. The second-order valence-electron chi connectivity index (χ2n) is 5.75. The number of nitrogens with one attached hydrogen (secondary N) is 1. The van der Waals surface area contributed by atoms with Crippen LogP contribution in [0.3, 0.4) is 0 Å². The average molecular weight is 364 g/mol. The first-order chi connectivity index (χ1) is 11.8. The van der Waals surface area contributed by atoms with E-state index in [4.69, 9.17) is 0 Å².